The molecule has 0 aliphatic carbocycles. The van der Waals surface area contributed by atoms with E-state index in [9.17, 15) is 19.2 Å². The van der Waals surface area contributed by atoms with Gasteiger partial charge in [-0.3, -0.25) is 19.2 Å². The molecule has 1 aliphatic rings. The van der Waals surface area contributed by atoms with E-state index in [1.165, 1.54) is 49.0 Å². The van der Waals surface area contributed by atoms with Crippen LogP contribution in [0, 0.1) is 6.92 Å². The van der Waals surface area contributed by atoms with Crippen LogP contribution in [0.25, 0.3) is 10.9 Å². The van der Waals surface area contributed by atoms with Crippen molar-refractivity contribution in [2.24, 2.45) is 0 Å². The van der Waals surface area contributed by atoms with Gasteiger partial charge in [-0.2, -0.15) is 0 Å². The van der Waals surface area contributed by atoms with Crippen LogP contribution in [0.3, 0.4) is 0 Å². The monoisotopic (exact) mass is 619 g/mol. The zero-order chi connectivity index (χ0) is 32.3. The van der Waals surface area contributed by atoms with Crippen molar-refractivity contribution in [3.05, 3.63) is 83.1 Å². The van der Waals surface area contributed by atoms with Crippen molar-refractivity contribution in [2.75, 3.05) is 13.2 Å². The number of esters is 3. The highest BCUT2D eigenvalue weighted by Gasteiger charge is 2.44. The number of carbonyl (C=O) groups is 4. The summed E-state index contributed by atoms with van der Waals surface area (Å²) in [6, 6.07) is 16.5. The molecule has 1 saturated heterocycles. The first kappa shape index (κ1) is 33.4. The fourth-order valence-electron chi connectivity index (χ4n) is 5.41. The molecule has 4 atom stereocenters. The Morgan fingerprint density at radius 3 is 2.38 bits per heavy atom. The molecule has 3 N–H and O–H groups in total. The number of fused-ring (bicyclic) bond motifs is 1. The third-order valence-corrected chi connectivity index (χ3v) is 7.43. The second-order valence-electron chi connectivity index (χ2n) is 11.1. The molecular weight excluding hydrogens is 578 g/mol. The minimum Gasteiger partial charge on any atom is -0.463 e. The van der Waals surface area contributed by atoms with E-state index in [-0.39, 0.29) is 13.0 Å². The van der Waals surface area contributed by atoms with Gasteiger partial charge in [0.15, 0.2) is 12.3 Å². The number of nitrogens with one attached hydrogen (secondary N) is 3. The lowest BCUT2D eigenvalue weighted by atomic mass is 10.0. The number of H-pyrrole nitrogens is 1. The van der Waals surface area contributed by atoms with Crippen LogP contribution in [0.15, 0.2) is 60.7 Å². The van der Waals surface area contributed by atoms with Crippen molar-refractivity contribution >= 4 is 34.7 Å². The first-order valence-electron chi connectivity index (χ1n) is 15.0. The number of amides is 1. The highest BCUT2D eigenvalue weighted by atomic mass is 16.6. The molecule has 0 spiro atoms. The summed E-state index contributed by atoms with van der Waals surface area (Å²) in [5, 5.41) is 7.46. The molecule has 4 rings (SSSR count). The quantitative estimate of drug-likeness (QED) is 0.113. The van der Waals surface area contributed by atoms with Gasteiger partial charge in [0.05, 0.1) is 6.10 Å². The van der Waals surface area contributed by atoms with Crippen molar-refractivity contribution < 1.29 is 38.1 Å². The Morgan fingerprint density at radius 2 is 1.67 bits per heavy atom. The van der Waals surface area contributed by atoms with Gasteiger partial charge in [0.2, 0.25) is 5.91 Å². The van der Waals surface area contributed by atoms with Gasteiger partial charge in [-0.15, -0.1) is 0 Å². The number of aromatic amines is 1. The predicted octanol–water partition coefficient (Wildman–Crippen LogP) is 3.57. The van der Waals surface area contributed by atoms with Crippen LogP contribution in [0.2, 0.25) is 0 Å². The Kier molecular flexibility index (Phi) is 11.9. The number of rotatable bonds is 13. The van der Waals surface area contributed by atoms with Crippen LogP contribution in [0.4, 0.5) is 0 Å². The number of carbonyl (C=O) groups excluding carboxylic acids is 4. The van der Waals surface area contributed by atoms with E-state index in [0.29, 0.717) is 6.42 Å². The zero-order valence-corrected chi connectivity index (χ0v) is 26.1. The Labute approximate surface area is 262 Å². The molecule has 0 bridgehead atoms. The van der Waals surface area contributed by atoms with E-state index in [4.69, 9.17) is 18.9 Å². The standard InChI is InChI=1S/C34H41N3O8/c1-21-28(29-9-5-6-10-30(29)36-21)16-17-35-19-26-14-12-25(13-15-26)8-7-11-32(41)37-34-33(44-24(4)40)31(43-23(3)39)18-27(45-34)20-42-22(2)38/h5-7,9-15,27,31,33-36H,8,16-20H2,1-4H3,(H,37,41)/b11-7+/t27?,31-,33+,34+/m0/s1. The van der Waals surface area contributed by atoms with Crippen LogP contribution in [-0.4, -0.2) is 66.5 Å². The molecule has 240 valence electrons. The van der Waals surface area contributed by atoms with E-state index in [1.807, 2.05) is 18.2 Å². The van der Waals surface area contributed by atoms with Crippen LogP contribution in [0.1, 0.15) is 49.6 Å². The highest BCUT2D eigenvalue weighted by Crippen LogP contribution is 2.25. The predicted molar refractivity (Wildman–Crippen MR) is 167 cm³/mol. The van der Waals surface area contributed by atoms with Crippen molar-refractivity contribution in [3.8, 4) is 0 Å². The molecule has 11 heteroatoms. The average Bonchev–Trinajstić information content (AvgIpc) is 3.30. The van der Waals surface area contributed by atoms with Gasteiger partial charge in [-0.05, 0) is 55.1 Å². The zero-order valence-electron chi connectivity index (χ0n) is 26.1. The second-order valence-corrected chi connectivity index (χ2v) is 11.1. The number of hydrogen-bond donors (Lipinski definition) is 3. The van der Waals surface area contributed by atoms with Crippen LogP contribution in [0.5, 0.6) is 0 Å². The summed E-state index contributed by atoms with van der Waals surface area (Å²) in [5.41, 5.74) is 5.90. The largest absolute Gasteiger partial charge is 0.463 e. The molecule has 0 saturated carbocycles. The first-order valence-corrected chi connectivity index (χ1v) is 15.0. The molecule has 3 aromatic rings. The molecule has 2 heterocycles. The van der Waals surface area contributed by atoms with Crippen molar-refractivity contribution in [3.63, 3.8) is 0 Å². The summed E-state index contributed by atoms with van der Waals surface area (Å²) in [6.07, 6.45) is 0.855. The van der Waals surface area contributed by atoms with E-state index in [2.05, 4.69) is 52.9 Å². The lowest BCUT2D eigenvalue weighted by Crippen LogP contribution is -2.59. The van der Waals surface area contributed by atoms with Gasteiger partial charge in [0.1, 0.15) is 12.7 Å². The molecule has 1 aromatic heterocycles. The van der Waals surface area contributed by atoms with E-state index >= 15 is 0 Å². The smallest absolute Gasteiger partial charge is 0.303 e. The lowest BCUT2D eigenvalue weighted by Gasteiger charge is -2.40. The summed E-state index contributed by atoms with van der Waals surface area (Å²) >= 11 is 0. The lowest BCUT2D eigenvalue weighted by molar-refractivity contribution is -0.217. The van der Waals surface area contributed by atoms with Gasteiger partial charge >= 0.3 is 17.9 Å². The summed E-state index contributed by atoms with van der Waals surface area (Å²) in [4.78, 5) is 51.0. The number of hydrogen-bond acceptors (Lipinski definition) is 9. The van der Waals surface area contributed by atoms with E-state index < -0.39 is 48.4 Å². The number of benzene rings is 2. The molecule has 2 aromatic carbocycles. The van der Waals surface area contributed by atoms with Gasteiger partial charge in [-0.1, -0.05) is 48.5 Å². The van der Waals surface area contributed by atoms with Crippen LogP contribution in [-0.2, 0) is 57.5 Å². The summed E-state index contributed by atoms with van der Waals surface area (Å²) < 4.78 is 21.6. The van der Waals surface area contributed by atoms with Crippen molar-refractivity contribution in [2.45, 2.75) is 78.0 Å². The molecule has 1 unspecified atom stereocenters. The number of allylic oxidation sites excluding steroid dienone is 1. The van der Waals surface area contributed by atoms with Gasteiger partial charge in [-0.25, -0.2) is 0 Å². The van der Waals surface area contributed by atoms with Gasteiger partial charge < -0.3 is 34.6 Å². The summed E-state index contributed by atoms with van der Waals surface area (Å²) in [5.74, 6) is -2.21. The Hall–Kier alpha value is -4.48. The SMILES string of the molecule is CC(=O)OCC1C[C@H](OC(C)=O)[C@@H](OC(C)=O)[C@H](NC(=O)/C=C/Cc2ccc(CNCCc3c(C)[nH]c4ccccc34)cc2)O1. The van der Waals surface area contributed by atoms with Crippen LogP contribution < -0.4 is 10.6 Å². The fourth-order valence-corrected chi connectivity index (χ4v) is 5.41. The van der Waals surface area contributed by atoms with Gasteiger partial charge in [0, 0.05) is 50.3 Å². The third kappa shape index (κ3) is 10.0. The number of aryl methyl sites for hydroxylation is 1. The highest BCUT2D eigenvalue weighted by molar-refractivity contribution is 5.87. The third-order valence-electron chi connectivity index (χ3n) is 7.43. The Balaban J connectivity index is 1.27. The van der Waals surface area contributed by atoms with Crippen molar-refractivity contribution in [1.29, 1.82) is 0 Å². The molecular formula is C34H41N3O8. The minimum absolute atomic E-state index is 0.113. The van der Waals surface area contributed by atoms with Crippen molar-refractivity contribution in [1.82, 2.24) is 15.6 Å². The maximum absolute atomic E-state index is 12.8. The van der Waals surface area contributed by atoms with Gasteiger partial charge in [0.25, 0.3) is 0 Å². The van der Waals surface area contributed by atoms with E-state index in [1.54, 1.807) is 6.08 Å². The summed E-state index contributed by atoms with van der Waals surface area (Å²) in [7, 11) is 0. The molecule has 45 heavy (non-hydrogen) atoms. The maximum atomic E-state index is 12.8. The second kappa shape index (κ2) is 16.0. The molecule has 1 aliphatic heterocycles. The fraction of sp³-hybridized carbons (Fsp3) is 0.412. The normalized spacial score (nSPS) is 19.7. The maximum Gasteiger partial charge on any atom is 0.303 e. The number of aromatic nitrogens is 1. The molecule has 0 radical (unpaired) electrons. The Morgan fingerprint density at radius 1 is 0.956 bits per heavy atom. The Bertz CT molecular complexity index is 1510. The topological polar surface area (TPSA) is 145 Å². The molecule has 1 amide bonds. The summed E-state index contributed by atoms with van der Waals surface area (Å²) in [6.45, 7) is 7.30. The average molecular weight is 620 g/mol. The minimum atomic E-state index is -1.13. The number of para-hydroxylation sites is 1. The molecule has 11 nitrogen and oxygen atoms in total. The van der Waals surface area contributed by atoms with Crippen LogP contribution >= 0.6 is 0 Å². The first-order chi connectivity index (χ1) is 21.6. The number of ether oxygens (including phenoxy) is 4. The van der Waals surface area contributed by atoms with E-state index in [0.717, 1.165) is 30.6 Å². The molecule has 1 fully saturated rings.